The van der Waals surface area contributed by atoms with Crippen LogP contribution in [0.1, 0.15) is 46.8 Å². The van der Waals surface area contributed by atoms with Crippen LogP contribution in [0.15, 0.2) is 66.7 Å². The highest BCUT2D eigenvalue weighted by atomic mass is 16.1. The minimum atomic E-state index is -0.404. The standard InChI is InChI=1S/C29H27N2O/c1-3-4-8-20-14-16-24-27(17-20)31(26-12-7-11-25(28(24)26)29(30)32)18-21-15-13-19(2)22-9-5-6-10-23(21)22/h5-7,9-15,17H,3-4,8,18H2,1-2H3,(H2,30,32). The number of carbonyl (C=O) groups excluding carboxylic acids is 1. The third kappa shape index (κ3) is 3.34. The number of carbonyl (C=O) groups is 1. The lowest BCUT2D eigenvalue weighted by molar-refractivity contribution is 0.100. The maximum Gasteiger partial charge on any atom is 0.249 e. The summed E-state index contributed by atoms with van der Waals surface area (Å²) in [7, 11) is 0. The van der Waals surface area contributed by atoms with Gasteiger partial charge in [-0.15, -0.1) is 0 Å². The number of hydrogen-bond donors (Lipinski definition) is 1. The molecule has 2 N–H and O–H groups in total. The van der Waals surface area contributed by atoms with E-state index in [0.717, 1.165) is 41.1 Å². The van der Waals surface area contributed by atoms with E-state index in [0.29, 0.717) is 12.1 Å². The van der Waals surface area contributed by atoms with Gasteiger partial charge in [-0.3, -0.25) is 4.79 Å². The average Bonchev–Trinajstić information content (AvgIpc) is 3.12. The second kappa shape index (κ2) is 8.16. The fourth-order valence-electron chi connectivity index (χ4n) is 4.82. The second-order valence-electron chi connectivity index (χ2n) is 8.61. The lowest BCUT2D eigenvalue weighted by Gasteiger charge is -2.13. The Kier molecular flexibility index (Phi) is 5.18. The average molecular weight is 420 g/mol. The van der Waals surface area contributed by atoms with Gasteiger partial charge in [-0.25, -0.2) is 0 Å². The molecule has 5 aromatic rings. The number of hydrogen-bond acceptors (Lipinski definition) is 1. The van der Waals surface area contributed by atoms with E-state index in [9.17, 15) is 4.79 Å². The predicted molar refractivity (Wildman–Crippen MR) is 133 cm³/mol. The first-order chi connectivity index (χ1) is 15.6. The molecule has 0 aliphatic rings. The van der Waals surface area contributed by atoms with Crippen molar-refractivity contribution < 1.29 is 4.79 Å². The van der Waals surface area contributed by atoms with E-state index >= 15 is 0 Å². The van der Waals surface area contributed by atoms with Crippen molar-refractivity contribution in [2.45, 2.75) is 39.7 Å². The molecular formula is C29H27N2O. The normalized spacial score (nSPS) is 11.6. The molecule has 32 heavy (non-hydrogen) atoms. The van der Waals surface area contributed by atoms with Crippen molar-refractivity contribution in [3.05, 3.63) is 95.1 Å². The molecule has 0 aliphatic heterocycles. The van der Waals surface area contributed by atoms with Gasteiger partial charge in [0.05, 0.1) is 11.0 Å². The summed E-state index contributed by atoms with van der Waals surface area (Å²) in [4.78, 5) is 12.2. The molecule has 0 fully saturated rings. The Balaban J connectivity index is 1.78. The molecule has 0 atom stereocenters. The zero-order valence-electron chi connectivity index (χ0n) is 18.6. The van der Waals surface area contributed by atoms with Crippen LogP contribution in [-0.2, 0) is 13.0 Å². The molecule has 0 spiro atoms. The van der Waals surface area contributed by atoms with Crippen LogP contribution in [0.3, 0.4) is 0 Å². The van der Waals surface area contributed by atoms with E-state index < -0.39 is 5.91 Å². The number of nitrogens with two attached hydrogens (primary N) is 1. The van der Waals surface area contributed by atoms with Gasteiger partial charge in [0.15, 0.2) is 0 Å². The minimum Gasteiger partial charge on any atom is -0.366 e. The Morgan fingerprint density at radius 3 is 2.59 bits per heavy atom. The lowest BCUT2D eigenvalue weighted by Crippen LogP contribution is -2.11. The van der Waals surface area contributed by atoms with Gasteiger partial charge >= 0.3 is 0 Å². The van der Waals surface area contributed by atoms with Crippen LogP contribution in [0.25, 0.3) is 32.6 Å². The van der Waals surface area contributed by atoms with Gasteiger partial charge in [-0.2, -0.15) is 0 Å². The van der Waals surface area contributed by atoms with Gasteiger partial charge in [0.1, 0.15) is 0 Å². The van der Waals surface area contributed by atoms with Gasteiger partial charge < -0.3 is 10.3 Å². The van der Waals surface area contributed by atoms with Gasteiger partial charge in [0, 0.05) is 22.9 Å². The first-order valence-corrected chi connectivity index (χ1v) is 11.3. The van der Waals surface area contributed by atoms with Gasteiger partial charge in [0.25, 0.3) is 0 Å². The summed E-state index contributed by atoms with van der Waals surface area (Å²) in [5.41, 5.74) is 12.2. The van der Waals surface area contributed by atoms with E-state index in [-0.39, 0.29) is 0 Å². The summed E-state index contributed by atoms with van der Waals surface area (Å²) in [6, 6.07) is 26.6. The first kappa shape index (κ1) is 20.3. The highest BCUT2D eigenvalue weighted by molar-refractivity contribution is 6.17. The molecule has 0 saturated carbocycles. The van der Waals surface area contributed by atoms with Crippen LogP contribution < -0.4 is 5.73 Å². The molecule has 1 aromatic heterocycles. The van der Waals surface area contributed by atoms with E-state index in [1.54, 1.807) is 0 Å². The Morgan fingerprint density at radius 1 is 1.00 bits per heavy atom. The number of benzene rings is 4. The molecule has 0 bridgehead atoms. The number of amides is 1. The summed E-state index contributed by atoms with van der Waals surface area (Å²) in [6.07, 6.45) is 3.33. The third-order valence-electron chi connectivity index (χ3n) is 6.50. The summed E-state index contributed by atoms with van der Waals surface area (Å²) in [6.45, 7) is 5.08. The fraction of sp³-hybridized carbons (Fsp3) is 0.207. The largest absolute Gasteiger partial charge is 0.366 e. The molecule has 1 heterocycles. The summed E-state index contributed by atoms with van der Waals surface area (Å²) in [5.74, 6) is -0.404. The molecule has 0 unspecified atom stereocenters. The Hall–Kier alpha value is -3.59. The number of primary amides is 1. The van der Waals surface area contributed by atoms with Gasteiger partial charge in [-0.05, 0) is 71.5 Å². The third-order valence-corrected chi connectivity index (χ3v) is 6.50. The van der Waals surface area contributed by atoms with Crippen LogP contribution in [-0.4, -0.2) is 10.5 Å². The molecule has 1 amide bonds. The summed E-state index contributed by atoms with van der Waals surface area (Å²) in [5, 5.41) is 4.40. The Bertz CT molecular complexity index is 1480. The molecule has 0 saturated heterocycles. The highest BCUT2D eigenvalue weighted by Gasteiger charge is 2.18. The van der Waals surface area contributed by atoms with Crippen molar-refractivity contribution in [2.75, 3.05) is 0 Å². The number of rotatable bonds is 6. The highest BCUT2D eigenvalue weighted by Crippen LogP contribution is 2.34. The zero-order chi connectivity index (χ0) is 22.2. The monoisotopic (exact) mass is 419 g/mol. The molecule has 159 valence electrons. The first-order valence-electron chi connectivity index (χ1n) is 11.3. The van der Waals surface area contributed by atoms with Crippen LogP contribution in [0, 0.1) is 13.0 Å². The smallest absolute Gasteiger partial charge is 0.249 e. The van der Waals surface area contributed by atoms with Crippen LogP contribution in [0.5, 0.6) is 0 Å². The zero-order valence-corrected chi connectivity index (χ0v) is 18.6. The molecule has 0 aliphatic carbocycles. The Morgan fingerprint density at radius 2 is 1.81 bits per heavy atom. The van der Waals surface area contributed by atoms with Crippen molar-refractivity contribution in [2.24, 2.45) is 5.73 Å². The Labute approximate surface area is 188 Å². The van der Waals surface area contributed by atoms with Crippen molar-refractivity contribution in [3.63, 3.8) is 0 Å². The van der Waals surface area contributed by atoms with E-state index in [4.69, 9.17) is 5.73 Å². The molecule has 3 nitrogen and oxygen atoms in total. The summed E-state index contributed by atoms with van der Waals surface area (Å²) < 4.78 is 2.32. The van der Waals surface area contributed by atoms with Crippen LogP contribution >= 0.6 is 0 Å². The number of aromatic nitrogens is 1. The maximum absolute atomic E-state index is 12.2. The molecule has 1 radical (unpaired) electrons. The van der Waals surface area contributed by atoms with E-state index in [1.807, 2.05) is 12.1 Å². The quantitative estimate of drug-likeness (QED) is 0.333. The predicted octanol–water partition coefficient (Wildman–Crippen LogP) is 6.55. The molecule has 5 rings (SSSR count). The number of fused-ring (bicyclic) bond motifs is 4. The van der Waals surface area contributed by atoms with Gasteiger partial charge in [0.2, 0.25) is 5.91 Å². The van der Waals surface area contributed by atoms with Gasteiger partial charge in [-0.1, -0.05) is 61.9 Å². The van der Waals surface area contributed by atoms with Crippen LogP contribution in [0.4, 0.5) is 0 Å². The SMILES string of the molecule is CCCCc1c[c]c2c3c(C(N)=O)cccc3n(Cc3ccc(C)c4ccccc34)c2c1. The topological polar surface area (TPSA) is 48.0 Å². The lowest BCUT2D eigenvalue weighted by atomic mass is 10.00. The molecular weight excluding hydrogens is 392 g/mol. The van der Waals surface area contributed by atoms with E-state index in [1.165, 1.54) is 27.5 Å². The minimum absolute atomic E-state index is 0.404. The maximum atomic E-state index is 12.2. The fourth-order valence-corrected chi connectivity index (χ4v) is 4.82. The second-order valence-corrected chi connectivity index (χ2v) is 8.61. The van der Waals surface area contributed by atoms with Crippen molar-refractivity contribution >= 4 is 38.5 Å². The van der Waals surface area contributed by atoms with Crippen LogP contribution in [0.2, 0.25) is 0 Å². The number of aryl methyl sites for hydroxylation is 2. The molecule has 3 heteroatoms. The number of unbranched alkanes of at least 4 members (excludes halogenated alkanes) is 1. The summed E-state index contributed by atoms with van der Waals surface area (Å²) >= 11 is 0. The van der Waals surface area contributed by atoms with E-state index in [2.05, 4.69) is 79.1 Å². The van der Waals surface area contributed by atoms with Crippen molar-refractivity contribution in [1.29, 1.82) is 0 Å². The number of nitrogens with zero attached hydrogens (tertiary/aromatic N) is 1. The van der Waals surface area contributed by atoms with Crippen molar-refractivity contribution in [3.8, 4) is 0 Å². The molecule has 4 aromatic carbocycles. The van der Waals surface area contributed by atoms with Crippen molar-refractivity contribution in [1.82, 2.24) is 4.57 Å².